The van der Waals surface area contributed by atoms with Crippen molar-refractivity contribution in [3.05, 3.63) is 84.4 Å². The van der Waals surface area contributed by atoms with Gasteiger partial charge in [-0.3, -0.25) is 9.10 Å². The number of benzene rings is 3. The number of rotatable bonds is 9. The van der Waals surface area contributed by atoms with Gasteiger partial charge in [0.25, 0.3) is 15.9 Å². The average molecular weight is 490 g/mol. The van der Waals surface area contributed by atoms with Gasteiger partial charge >= 0.3 is 12.6 Å². The molecule has 0 saturated heterocycles. The molecule has 1 N–H and O–H groups in total. The lowest BCUT2D eigenvalue weighted by atomic mass is 10.2. The lowest BCUT2D eigenvalue weighted by Crippen LogP contribution is -2.26. The third-order valence-corrected chi connectivity index (χ3v) is 6.37. The minimum absolute atomic E-state index is 0.0209. The summed E-state index contributed by atoms with van der Waals surface area (Å²) >= 11 is 0. The number of nitrogens with one attached hydrogen (secondary N) is 1. The molecule has 0 bridgehead atoms. The summed E-state index contributed by atoms with van der Waals surface area (Å²) in [6, 6.07) is 18.8. The first-order chi connectivity index (χ1) is 16.2. The van der Waals surface area contributed by atoms with E-state index in [0.29, 0.717) is 11.4 Å². The summed E-state index contributed by atoms with van der Waals surface area (Å²) in [4.78, 5) is 24.2. The number of esters is 1. The summed E-state index contributed by atoms with van der Waals surface area (Å²) in [7, 11) is -2.42. The zero-order valence-electron chi connectivity index (χ0n) is 17.9. The number of nitrogens with zero attached hydrogens (tertiary/aromatic N) is 1. The molecule has 8 nitrogen and oxygen atoms in total. The molecule has 0 aliphatic heterocycles. The minimum atomic E-state index is -3.84. The molecule has 3 aromatic rings. The van der Waals surface area contributed by atoms with Gasteiger partial charge in [-0.05, 0) is 60.7 Å². The molecule has 11 heteroatoms. The molecule has 0 aliphatic rings. The van der Waals surface area contributed by atoms with E-state index < -0.39 is 35.1 Å². The van der Waals surface area contributed by atoms with E-state index in [1.54, 1.807) is 30.3 Å². The largest absolute Gasteiger partial charge is 0.452 e. The first-order valence-electron chi connectivity index (χ1n) is 9.83. The van der Waals surface area contributed by atoms with Crippen molar-refractivity contribution in [2.75, 3.05) is 23.3 Å². The Morgan fingerprint density at radius 2 is 1.56 bits per heavy atom. The number of sulfonamides is 1. The highest BCUT2D eigenvalue weighted by Crippen LogP contribution is 2.22. The fraction of sp³-hybridized carbons (Fsp3) is 0.130. The Hall–Kier alpha value is -3.99. The fourth-order valence-corrected chi connectivity index (χ4v) is 4.02. The normalized spacial score (nSPS) is 11.1. The second-order valence-corrected chi connectivity index (χ2v) is 8.83. The molecule has 0 spiro atoms. The minimum Gasteiger partial charge on any atom is -0.452 e. The van der Waals surface area contributed by atoms with Gasteiger partial charge in [-0.15, -0.1) is 0 Å². The van der Waals surface area contributed by atoms with Crippen LogP contribution < -0.4 is 14.4 Å². The molecule has 0 aliphatic carbocycles. The second kappa shape index (κ2) is 10.8. The molecule has 34 heavy (non-hydrogen) atoms. The number of para-hydroxylation sites is 1. The third-order valence-electron chi connectivity index (χ3n) is 4.57. The van der Waals surface area contributed by atoms with E-state index in [-0.39, 0.29) is 16.2 Å². The first-order valence-corrected chi connectivity index (χ1v) is 11.3. The van der Waals surface area contributed by atoms with Crippen LogP contribution >= 0.6 is 0 Å². The van der Waals surface area contributed by atoms with E-state index in [1.165, 1.54) is 55.6 Å². The number of hydrogen-bond donors (Lipinski definition) is 1. The van der Waals surface area contributed by atoms with Crippen molar-refractivity contribution >= 4 is 33.3 Å². The third kappa shape index (κ3) is 6.29. The van der Waals surface area contributed by atoms with Gasteiger partial charge in [-0.25, -0.2) is 13.2 Å². The van der Waals surface area contributed by atoms with Crippen LogP contribution in [0.5, 0.6) is 5.75 Å². The maximum absolute atomic E-state index is 12.8. The van der Waals surface area contributed by atoms with E-state index in [2.05, 4.69) is 10.1 Å². The molecule has 178 valence electrons. The molecule has 0 atom stereocenters. The molecule has 0 heterocycles. The van der Waals surface area contributed by atoms with Crippen LogP contribution in [0.3, 0.4) is 0 Å². The number of halogens is 2. The Morgan fingerprint density at radius 3 is 2.15 bits per heavy atom. The molecule has 0 fully saturated rings. The van der Waals surface area contributed by atoms with Crippen LogP contribution in [-0.2, 0) is 19.6 Å². The second-order valence-electron chi connectivity index (χ2n) is 6.86. The van der Waals surface area contributed by atoms with Crippen molar-refractivity contribution in [1.82, 2.24) is 0 Å². The average Bonchev–Trinajstić information content (AvgIpc) is 2.83. The van der Waals surface area contributed by atoms with Crippen LogP contribution in [-0.4, -0.2) is 40.6 Å². The molecule has 0 aromatic heterocycles. The number of carbonyl (C=O) groups is 2. The number of ether oxygens (including phenoxy) is 2. The molecule has 1 amide bonds. The predicted octanol–water partition coefficient (Wildman–Crippen LogP) is 3.91. The van der Waals surface area contributed by atoms with E-state index in [0.717, 1.165) is 4.31 Å². The summed E-state index contributed by atoms with van der Waals surface area (Å²) in [5.41, 5.74) is 0.829. The highest BCUT2D eigenvalue weighted by atomic mass is 32.2. The Bertz CT molecular complexity index is 1230. The summed E-state index contributed by atoms with van der Waals surface area (Å²) < 4.78 is 60.2. The highest BCUT2D eigenvalue weighted by Gasteiger charge is 2.22. The predicted molar refractivity (Wildman–Crippen MR) is 120 cm³/mol. The number of anilines is 2. The maximum atomic E-state index is 12.8. The zero-order chi connectivity index (χ0) is 24.7. The zero-order valence-corrected chi connectivity index (χ0v) is 18.7. The molecule has 3 aromatic carbocycles. The van der Waals surface area contributed by atoms with Crippen molar-refractivity contribution in [3.63, 3.8) is 0 Å². The van der Waals surface area contributed by atoms with Gasteiger partial charge in [0.1, 0.15) is 5.75 Å². The first kappa shape index (κ1) is 24.6. The van der Waals surface area contributed by atoms with E-state index in [9.17, 15) is 26.8 Å². The van der Waals surface area contributed by atoms with Crippen LogP contribution in [0.4, 0.5) is 20.2 Å². The van der Waals surface area contributed by atoms with Crippen molar-refractivity contribution < 1.29 is 36.3 Å². The standard InChI is InChI=1S/C23H20F2N2O6S/c1-27(18-5-3-2-4-6-18)34(30,31)20-13-7-16(8-14-20)22(29)32-15-21(28)26-17-9-11-19(12-10-17)33-23(24)25/h2-14,23H,15H2,1H3,(H,26,28). The van der Waals surface area contributed by atoms with E-state index in [1.807, 2.05) is 0 Å². The van der Waals surface area contributed by atoms with Crippen molar-refractivity contribution in [2.24, 2.45) is 0 Å². The lowest BCUT2D eigenvalue weighted by Gasteiger charge is -2.19. The summed E-state index contributed by atoms with van der Waals surface area (Å²) in [5, 5.41) is 2.44. The Labute approximate surface area is 194 Å². The van der Waals surface area contributed by atoms with E-state index >= 15 is 0 Å². The maximum Gasteiger partial charge on any atom is 0.387 e. The Balaban J connectivity index is 1.56. The molecular weight excluding hydrogens is 470 g/mol. The smallest absolute Gasteiger partial charge is 0.387 e. The topological polar surface area (TPSA) is 102 Å². The Kier molecular flexibility index (Phi) is 7.79. The molecule has 0 saturated carbocycles. The summed E-state index contributed by atoms with van der Waals surface area (Å²) in [5.74, 6) is -1.55. The fourth-order valence-electron chi connectivity index (χ4n) is 2.83. The van der Waals surface area contributed by atoms with Crippen LogP contribution in [0, 0.1) is 0 Å². The van der Waals surface area contributed by atoms with Gasteiger partial charge in [0.2, 0.25) is 0 Å². The number of alkyl halides is 2. The van der Waals surface area contributed by atoms with E-state index in [4.69, 9.17) is 4.74 Å². The summed E-state index contributed by atoms with van der Waals surface area (Å²) in [6.07, 6.45) is 0. The van der Waals surface area contributed by atoms with Crippen molar-refractivity contribution in [2.45, 2.75) is 11.5 Å². The highest BCUT2D eigenvalue weighted by molar-refractivity contribution is 7.92. The summed E-state index contributed by atoms with van der Waals surface area (Å²) in [6.45, 7) is -3.57. The Morgan fingerprint density at radius 1 is 0.941 bits per heavy atom. The molecule has 0 unspecified atom stereocenters. The molecule has 3 rings (SSSR count). The van der Waals surface area contributed by atoms with Gasteiger partial charge in [0.15, 0.2) is 6.61 Å². The monoisotopic (exact) mass is 490 g/mol. The van der Waals surface area contributed by atoms with Crippen molar-refractivity contribution in [3.8, 4) is 5.75 Å². The van der Waals surface area contributed by atoms with Gasteiger partial charge in [0.05, 0.1) is 16.1 Å². The van der Waals surface area contributed by atoms with Crippen LogP contribution in [0.1, 0.15) is 10.4 Å². The van der Waals surface area contributed by atoms with Crippen LogP contribution in [0.15, 0.2) is 83.8 Å². The van der Waals surface area contributed by atoms with Gasteiger partial charge < -0.3 is 14.8 Å². The van der Waals surface area contributed by atoms with Crippen LogP contribution in [0.2, 0.25) is 0 Å². The molecule has 0 radical (unpaired) electrons. The van der Waals surface area contributed by atoms with Gasteiger partial charge in [-0.1, -0.05) is 18.2 Å². The number of carbonyl (C=O) groups excluding carboxylic acids is 2. The molecular formula is C23H20F2N2O6S. The quantitative estimate of drug-likeness (QED) is 0.457. The van der Waals surface area contributed by atoms with Crippen LogP contribution in [0.25, 0.3) is 0 Å². The van der Waals surface area contributed by atoms with Gasteiger partial charge in [-0.2, -0.15) is 8.78 Å². The number of amides is 1. The number of hydrogen-bond acceptors (Lipinski definition) is 6. The van der Waals surface area contributed by atoms with Gasteiger partial charge in [0, 0.05) is 12.7 Å². The SMILES string of the molecule is CN(c1ccccc1)S(=O)(=O)c1ccc(C(=O)OCC(=O)Nc2ccc(OC(F)F)cc2)cc1. The lowest BCUT2D eigenvalue weighted by molar-refractivity contribution is -0.119. The van der Waals surface area contributed by atoms with Crippen molar-refractivity contribution in [1.29, 1.82) is 0 Å².